The summed E-state index contributed by atoms with van der Waals surface area (Å²) in [7, 11) is 0. The van der Waals surface area contributed by atoms with Gasteiger partial charge in [-0.1, -0.05) is 6.08 Å². The summed E-state index contributed by atoms with van der Waals surface area (Å²) in [6, 6.07) is -0.285. The Morgan fingerprint density at radius 2 is 2.24 bits per heavy atom. The largest absolute Gasteiger partial charge is 0.481 e. The monoisotopic (exact) mass is 238 g/mol. The van der Waals surface area contributed by atoms with E-state index >= 15 is 0 Å². The van der Waals surface area contributed by atoms with Crippen molar-refractivity contribution in [1.29, 1.82) is 0 Å². The number of hydrogen-bond donors (Lipinski definition) is 2. The molecule has 17 heavy (non-hydrogen) atoms. The number of rotatable bonds is 3. The quantitative estimate of drug-likeness (QED) is 0.726. The summed E-state index contributed by atoms with van der Waals surface area (Å²) in [5.74, 6) is -1.18. The van der Waals surface area contributed by atoms with E-state index in [0.29, 0.717) is 6.42 Å². The third-order valence-electron chi connectivity index (χ3n) is 3.79. The first-order chi connectivity index (χ1) is 8.04. The Bertz CT molecular complexity index is 356. The van der Waals surface area contributed by atoms with Crippen LogP contribution in [0.15, 0.2) is 12.7 Å². The van der Waals surface area contributed by atoms with E-state index in [1.54, 1.807) is 11.0 Å². The van der Waals surface area contributed by atoms with Crippen molar-refractivity contribution in [1.82, 2.24) is 10.2 Å². The van der Waals surface area contributed by atoms with Crippen LogP contribution in [0.1, 0.15) is 26.2 Å². The van der Waals surface area contributed by atoms with E-state index < -0.39 is 11.9 Å². The number of carbonyl (C=O) groups is 2. The Kier molecular flexibility index (Phi) is 3.09. The molecule has 2 fully saturated rings. The van der Waals surface area contributed by atoms with Crippen molar-refractivity contribution in [2.75, 3.05) is 0 Å². The van der Waals surface area contributed by atoms with Gasteiger partial charge in [0.2, 0.25) is 0 Å². The van der Waals surface area contributed by atoms with Gasteiger partial charge in [0.1, 0.15) is 0 Å². The highest BCUT2D eigenvalue weighted by Crippen LogP contribution is 2.41. The van der Waals surface area contributed by atoms with Crippen LogP contribution in [0, 0.1) is 5.92 Å². The van der Waals surface area contributed by atoms with Gasteiger partial charge in [0.05, 0.1) is 5.92 Å². The lowest BCUT2D eigenvalue weighted by Crippen LogP contribution is -2.46. The van der Waals surface area contributed by atoms with Crippen LogP contribution >= 0.6 is 0 Å². The van der Waals surface area contributed by atoms with Crippen LogP contribution < -0.4 is 5.32 Å². The standard InChI is InChI=1S/C12H18N2O3/c1-3-7(2)13-12(17)14-8-4-5-10(14)9(6-8)11(15)16/h3,7-10H,1,4-6H2,2H3,(H,13,17)(H,15,16). The predicted molar refractivity (Wildman–Crippen MR) is 62.6 cm³/mol. The molecule has 94 valence electrons. The predicted octanol–water partition coefficient (Wildman–Crippen LogP) is 1.21. The highest BCUT2D eigenvalue weighted by Gasteiger charge is 2.51. The molecule has 0 spiro atoms. The van der Waals surface area contributed by atoms with Crippen molar-refractivity contribution in [3.63, 3.8) is 0 Å². The molecule has 2 saturated heterocycles. The second kappa shape index (κ2) is 4.39. The lowest BCUT2D eigenvalue weighted by atomic mass is 9.89. The van der Waals surface area contributed by atoms with E-state index in [-0.39, 0.29) is 24.2 Å². The van der Waals surface area contributed by atoms with Gasteiger partial charge in [-0.15, -0.1) is 6.58 Å². The van der Waals surface area contributed by atoms with Gasteiger partial charge in [-0.2, -0.15) is 0 Å². The van der Waals surface area contributed by atoms with Crippen molar-refractivity contribution in [2.45, 2.75) is 44.3 Å². The van der Waals surface area contributed by atoms with Gasteiger partial charge in [0.25, 0.3) is 0 Å². The van der Waals surface area contributed by atoms with Gasteiger partial charge in [-0.3, -0.25) is 4.79 Å². The van der Waals surface area contributed by atoms with E-state index in [2.05, 4.69) is 11.9 Å². The van der Waals surface area contributed by atoms with E-state index in [0.717, 1.165) is 12.8 Å². The second-order valence-electron chi connectivity index (χ2n) is 4.86. The fourth-order valence-corrected chi connectivity index (χ4v) is 2.90. The molecule has 0 aromatic rings. The van der Waals surface area contributed by atoms with Crippen molar-refractivity contribution < 1.29 is 14.7 Å². The molecule has 4 atom stereocenters. The van der Waals surface area contributed by atoms with E-state index in [1.165, 1.54) is 0 Å². The molecule has 5 heteroatoms. The molecule has 2 heterocycles. The second-order valence-corrected chi connectivity index (χ2v) is 4.86. The van der Waals surface area contributed by atoms with Gasteiger partial charge >= 0.3 is 12.0 Å². The number of hydrogen-bond acceptors (Lipinski definition) is 2. The molecule has 2 aliphatic rings. The zero-order valence-corrected chi connectivity index (χ0v) is 9.93. The molecule has 0 radical (unpaired) electrons. The SMILES string of the molecule is C=CC(C)NC(=O)N1C2CCC1C(C(=O)O)C2. The zero-order valence-electron chi connectivity index (χ0n) is 9.93. The maximum Gasteiger partial charge on any atom is 0.318 e. The molecule has 4 unspecified atom stereocenters. The first-order valence-corrected chi connectivity index (χ1v) is 5.98. The van der Waals surface area contributed by atoms with Crippen LogP contribution in [0.5, 0.6) is 0 Å². The Balaban J connectivity index is 2.05. The van der Waals surface area contributed by atoms with Crippen LogP contribution in [-0.4, -0.2) is 40.1 Å². The maximum atomic E-state index is 12.0. The Labute approximate surface area is 100 Å². The number of amides is 2. The van der Waals surface area contributed by atoms with Crippen LogP contribution in [0.4, 0.5) is 4.79 Å². The third-order valence-corrected chi connectivity index (χ3v) is 3.79. The highest BCUT2D eigenvalue weighted by molar-refractivity contribution is 5.79. The summed E-state index contributed by atoms with van der Waals surface area (Å²) in [6.45, 7) is 5.45. The zero-order chi connectivity index (χ0) is 12.6. The van der Waals surface area contributed by atoms with Gasteiger partial charge in [-0.05, 0) is 26.2 Å². The molecule has 2 rings (SSSR count). The normalized spacial score (nSPS) is 32.3. The molecule has 2 amide bonds. The molecule has 0 saturated carbocycles. The lowest BCUT2D eigenvalue weighted by Gasteiger charge is -2.24. The number of urea groups is 1. The first kappa shape index (κ1) is 12.0. The average molecular weight is 238 g/mol. The van der Waals surface area contributed by atoms with Crippen molar-refractivity contribution >= 4 is 12.0 Å². The summed E-state index contributed by atoms with van der Waals surface area (Å²) in [4.78, 5) is 24.8. The molecular formula is C12H18N2O3. The minimum atomic E-state index is -0.785. The summed E-state index contributed by atoms with van der Waals surface area (Å²) >= 11 is 0. The average Bonchev–Trinajstić information content (AvgIpc) is 2.85. The van der Waals surface area contributed by atoms with Gasteiger partial charge in [0.15, 0.2) is 0 Å². The fraction of sp³-hybridized carbons (Fsp3) is 0.667. The summed E-state index contributed by atoms with van der Waals surface area (Å²) in [6.07, 6.45) is 3.97. The number of carboxylic acid groups (broad SMARTS) is 1. The lowest BCUT2D eigenvalue weighted by molar-refractivity contribution is -0.142. The number of carbonyl (C=O) groups excluding carboxylic acids is 1. The van der Waals surface area contributed by atoms with E-state index in [9.17, 15) is 9.59 Å². The van der Waals surface area contributed by atoms with E-state index in [4.69, 9.17) is 5.11 Å². The van der Waals surface area contributed by atoms with E-state index in [1.807, 2.05) is 6.92 Å². The smallest absolute Gasteiger partial charge is 0.318 e. The molecule has 0 aliphatic carbocycles. The molecule has 2 aliphatic heterocycles. The first-order valence-electron chi connectivity index (χ1n) is 5.98. The Hall–Kier alpha value is -1.52. The van der Waals surface area contributed by atoms with Crippen LogP contribution in [0.2, 0.25) is 0 Å². The minimum Gasteiger partial charge on any atom is -0.481 e. The summed E-state index contributed by atoms with van der Waals surface area (Å²) in [5.41, 5.74) is 0. The number of carboxylic acids is 1. The summed E-state index contributed by atoms with van der Waals surface area (Å²) < 4.78 is 0. The molecule has 2 bridgehead atoms. The van der Waals surface area contributed by atoms with Crippen molar-refractivity contribution in [2.24, 2.45) is 5.92 Å². The number of nitrogens with one attached hydrogen (secondary N) is 1. The molecule has 5 nitrogen and oxygen atoms in total. The summed E-state index contributed by atoms with van der Waals surface area (Å²) in [5, 5.41) is 11.9. The topological polar surface area (TPSA) is 69.6 Å². The van der Waals surface area contributed by atoms with Crippen LogP contribution in [0.25, 0.3) is 0 Å². The Morgan fingerprint density at radius 1 is 1.53 bits per heavy atom. The van der Waals surface area contributed by atoms with Crippen LogP contribution in [-0.2, 0) is 4.79 Å². The molecule has 2 N–H and O–H groups in total. The third kappa shape index (κ3) is 2.01. The minimum absolute atomic E-state index is 0.0919. The van der Waals surface area contributed by atoms with Gasteiger partial charge in [0, 0.05) is 18.1 Å². The van der Waals surface area contributed by atoms with Gasteiger partial charge in [-0.25, -0.2) is 4.79 Å². The molecule has 0 aromatic carbocycles. The van der Waals surface area contributed by atoms with Crippen molar-refractivity contribution in [3.8, 4) is 0 Å². The number of aliphatic carboxylic acids is 1. The molecular weight excluding hydrogens is 220 g/mol. The number of nitrogens with zero attached hydrogens (tertiary/aromatic N) is 1. The van der Waals surface area contributed by atoms with Crippen molar-refractivity contribution in [3.05, 3.63) is 12.7 Å². The maximum absolute atomic E-state index is 12.0. The fourth-order valence-electron chi connectivity index (χ4n) is 2.90. The Morgan fingerprint density at radius 3 is 2.76 bits per heavy atom. The number of fused-ring (bicyclic) bond motifs is 2. The molecule has 0 aromatic heterocycles. The highest BCUT2D eigenvalue weighted by atomic mass is 16.4. The van der Waals surface area contributed by atoms with Crippen LogP contribution in [0.3, 0.4) is 0 Å². The van der Waals surface area contributed by atoms with Gasteiger partial charge < -0.3 is 15.3 Å².